The van der Waals surface area contributed by atoms with Crippen LogP contribution in [0.2, 0.25) is 0 Å². The molecule has 2 atom stereocenters. The Kier molecular flexibility index (Phi) is 6.32. The Hall–Kier alpha value is -2.46. The highest BCUT2D eigenvalue weighted by atomic mass is 19.3. The molecule has 0 saturated heterocycles. The minimum Gasteiger partial charge on any atom is -0.487 e. The molecule has 0 radical (unpaired) electrons. The molecule has 0 amide bonds. The zero-order valence-corrected chi connectivity index (χ0v) is 13.6. The average molecular weight is 375 g/mol. The maximum absolute atomic E-state index is 12.8. The van der Waals surface area contributed by atoms with E-state index in [-0.39, 0.29) is 11.6 Å². The number of ether oxygens (including phenoxy) is 1. The van der Waals surface area contributed by atoms with E-state index in [0.717, 1.165) is 4.68 Å². The number of rotatable bonds is 8. The van der Waals surface area contributed by atoms with Crippen molar-refractivity contribution < 1.29 is 32.5 Å². The summed E-state index contributed by atoms with van der Waals surface area (Å²) in [6.45, 7) is -0.00448. The molecule has 1 aromatic heterocycles. The molecule has 26 heavy (non-hydrogen) atoms. The fraction of sp³-hybridized carbons (Fsp3) is 0.375. The Morgan fingerprint density at radius 1 is 1.19 bits per heavy atom. The van der Waals surface area contributed by atoms with Crippen molar-refractivity contribution in [1.82, 2.24) is 14.8 Å². The summed E-state index contributed by atoms with van der Waals surface area (Å²) in [7, 11) is 0. The standard InChI is InChI=1S/C16H17F4N3O3/c1-10(24)14(25)23-9-21-13(22-23)7-4-11-2-5-12(6-3-11)26-8-16(19,20)15(17)18/h2-7,9-10,14-15,24-25H,8H2,1H3/b7-4+. The molecule has 0 fully saturated rings. The van der Waals surface area contributed by atoms with E-state index in [1.807, 2.05) is 0 Å². The lowest BCUT2D eigenvalue weighted by atomic mass is 10.2. The topological polar surface area (TPSA) is 80.4 Å². The predicted octanol–water partition coefficient (Wildman–Crippen LogP) is 2.60. The number of aliphatic hydroxyl groups is 2. The van der Waals surface area contributed by atoms with Crippen molar-refractivity contribution in [2.75, 3.05) is 6.61 Å². The van der Waals surface area contributed by atoms with Crippen molar-refractivity contribution in [3.8, 4) is 5.75 Å². The van der Waals surface area contributed by atoms with Gasteiger partial charge < -0.3 is 14.9 Å². The fourth-order valence-electron chi connectivity index (χ4n) is 1.80. The normalized spacial score (nSPS) is 14.8. The number of hydrogen-bond acceptors (Lipinski definition) is 5. The molecule has 0 bridgehead atoms. The van der Waals surface area contributed by atoms with Gasteiger partial charge in [-0.15, -0.1) is 5.10 Å². The smallest absolute Gasteiger partial charge is 0.340 e. The second kappa shape index (κ2) is 8.28. The van der Waals surface area contributed by atoms with Gasteiger partial charge in [0.25, 0.3) is 0 Å². The highest BCUT2D eigenvalue weighted by Crippen LogP contribution is 2.24. The van der Waals surface area contributed by atoms with Gasteiger partial charge in [-0.2, -0.15) is 8.78 Å². The number of nitrogens with zero attached hydrogens (tertiary/aromatic N) is 3. The van der Waals surface area contributed by atoms with E-state index in [9.17, 15) is 27.8 Å². The third-order valence-corrected chi connectivity index (χ3v) is 3.28. The second-order valence-corrected chi connectivity index (χ2v) is 5.49. The van der Waals surface area contributed by atoms with E-state index >= 15 is 0 Å². The Balaban J connectivity index is 1.96. The van der Waals surface area contributed by atoms with Gasteiger partial charge in [-0.05, 0) is 30.7 Å². The third-order valence-electron chi connectivity index (χ3n) is 3.28. The van der Waals surface area contributed by atoms with Gasteiger partial charge in [0.2, 0.25) is 0 Å². The van der Waals surface area contributed by atoms with Crippen LogP contribution in [0, 0.1) is 0 Å². The largest absolute Gasteiger partial charge is 0.487 e. The van der Waals surface area contributed by atoms with Crippen LogP contribution in [0.5, 0.6) is 5.75 Å². The van der Waals surface area contributed by atoms with Crippen molar-refractivity contribution in [1.29, 1.82) is 0 Å². The van der Waals surface area contributed by atoms with E-state index in [1.165, 1.54) is 43.6 Å². The first-order valence-electron chi connectivity index (χ1n) is 7.53. The van der Waals surface area contributed by atoms with Crippen molar-refractivity contribution in [2.45, 2.75) is 31.6 Å². The lowest BCUT2D eigenvalue weighted by molar-refractivity contribution is -0.148. The van der Waals surface area contributed by atoms with Crippen LogP contribution in [0.15, 0.2) is 30.6 Å². The lowest BCUT2D eigenvalue weighted by Crippen LogP contribution is -2.33. The molecular weight excluding hydrogens is 358 g/mol. The number of aromatic nitrogens is 3. The maximum atomic E-state index is 12.8. The minimum absolute atomic E-state index is 0.0323. The molecule has 0 spiro atoms. The molecule has 2 rings (SSSR count). The van der Waals surface area contributed by atoms with Crippen LogP contribution in [0.3, 0.4) is 0 Å². The van der Waals surface area contributed by atoms with E-state index in [0.29, 0.717) is 5.56 Å². The zero-order valence-electron chi connectivity index (χ0n) is 13.6. The molecule has 0 aliphatic heterocycles. The van der Waals surface area contributed by atoms with Crippen LogP contribution in [0.25, 0.3) is 12.2 Å². The first-order valence-corrected chi connectivity index (χ1v) is 7.53. The van der Waals surface area contributed by atoms with E-state index in [1.54, 1.807) is 6.08 Å². The van der Waals surface area contributed by atoms with Crippen molar-refractivity contribution >= 4 is 12.2 Å². The first-order chi connectivity index (χ1) is 12.2. The Bertz CT molecular complexity index is 733. The van der Waals surface area contributed by atoms with E-state index in [4.69, 9.17) is 0 Å². The molecule has 0 saturated carbocycles. The van der Waals surface area contributed by atoms with E-state index < -0.39 is 31.3 Å². The van der Waals surface area contributed by atoms with Gasteiger partial charge in [0.1, 0.15) is 12.1 Å². The molecule has 142 valence electrons. The number of benzene rings is 1. The summed E-state index contributed by atoms with van der Waals surface area (Å²) < 4.78 is 55.5. The van der Waals surface area contributed by atoms with Crippen LogP contribution < -0.4 is 4.74 Å². The van der Waals surface area contributed by atoms with Gasteiger partial charge >= 0.3 is 12.3 Å². The lowest BCUT2D eigenvalue weighted by Gasteiger charge is -2.15. The molecule has 2 aromatic rings. The Labute approximate surface area is 146 Å². The zero-order chi connectivity index (χ0) is 19.3. The van der Waals surface area contributed by atoms with Crippen LogP contribution >= 0.6 is 0 Å². The molecule has 1 heterocycles. The molecule has 10 heteroatoms. The molecular formula is C16H17F4N3O3. The molecule has 2 unspecified atom stereocenters. The maximum Gasteiger partial charge on any atom is 0.340 e. The second-order valence-electron chi connectivity index (χ2n) is 5.49. The summed E-state index contributed by atoms with van der Waals surface area (Å²) in [5.74, 6) is -3.90. The van der Waals surface area contributed by atoms with Gasteiger partial charge in [-0.3, -0.25) is 0 Å². The highest BCUT2D eigenvalue weighted by Gasteiger charge is 2.41. The van der Waals surface area contributed by atoms with Gasteiger partial charge in [-0.25, -0.2) is 18.4 Å². The van der Waals surface area contributed by atoms with Gasteiger partial charge in [0.15, 0.2) is 18.7 Å². The summed E-state index contributed by atoms with van der Waals surface area (Å²) in [6.07, 6.45) is -1.61. The molecule has 6 nitrogen and oxygen atoms in total. The highest BCUT2D eigenvalue weighted by molar-refractivity contribution is 5.66. The Morgan fingerprint density at radius 2 is 1.85 bits per heavy atom. The van der Waals surface area contributed by atoms with Crippen molar-refractivity contribution in [3.05, 3.63) is 42.0 Å². The predicted molar refractivity (Wildman–Crippen MR) is 84.8 cm³/mol. The monoisotopic (exact) mass is 375 g/mol. The quantitative estimate of drug-likeness (QED) is 0.694. The summed E-state index contributed by atoms with van der Waals surface area (Å²) in [5.41, 5.74) is 0.658. The summed E-state index contributed by atoms with van der Waals surface area (Å²) in [6, 6.07) is 5.80. The van der Waals surface area contributed by atoms with Crippen LogP contribution in [-0.2, 0) is 0 Å². The molecule has 2 N–H and O–H groups in total. The van der Waals surface area contributed by atoms with Gasteiger partial charge in [0.05, 0.1) is 6.10 Å². The summed E-state index contributed by atoms with van der Waals surface area (Å²) in [4.78, 5) is 3.94. The molecule has 0 aliphatic rings. The SMILES string of the molecule is CC(O)C(O)n1cnc(/C=C/c2ccc(OCC(F)(F)C(F)F)cc2)n1. The van der Waals surface area contributed by atoms with Crippen LogP contribution in [-0.4, -0.2) is 50.0 Å². The first kappa shape index (κ1) is 19.9. The summed E-state index contributed by atoms with van der Waals surface area (Å²) in [5, 5.41) is 22.9. The average Bonchev–Trinajstić information content (AvgIpc) is 3.07. The van der Waals surface area contributed by atoms with Crippen molar-refractivity contribution in [3.63, 3.8) is 0 Å². The fourth-order valence-corrected chi connectivity index (χ4v) is 1.80. The number of hydrogen-bond donors (Lipinski definition) is 2. The Morgan fingerprint density at radius 3 is 2.42 bits per heavy atom. The van der Waals surface area contributed by atoms with Gasteiger partial charge in [0, 0.05) is 0 Å². The third kappa shape index (κ3) is 5.27. The minimum atomic E-state index is -4.21. The van der Waals surface area contributed by atoms with Gasteiger partial charge in [-0.1, -0.05) is 18.2 Å². The van der Waals surface area contributed by atoms with Crippen molar-refractivity contribution in [2.24, 2.45) is 0 Å². The number of halogens is 4. The number of aliphatic hydroxyl groups excluding tert-OH is 2. The summed E-state index contributed by atoms with van der Waals surface area (Å²) >= 11 is 0. The number of alkyl halides is 4. The molecule has 1 aromatic carbocycles. The molecule has 0 aliphatic carbocycles. The van der Waals surface area contributed by atoms with Crippen LogP contribution in [0.1, 0.15) is 24.5 Å². The van der Waals surface area contributed by atoms with Crippen LogP contribution in [0.4, 0.5) is 17.6 Å². The van der Waals surface area contributed by atoms with E-state index in [2.05, 4.69) is 14.8 Å².